The highest BCUT2D eigenvalue weighted by Crippen LogP contribution is 2.36. The number of rotatable bonds is 3. The van der Waals surface area contributed by atoms with Gasteiger partial charge in [-0.15, -0.1) is 0 Å². The molecule has 7 heteroatoms. The fourth-order valence-electron chi connectivity index (χ4n) is 3.75. The predicted molar refractivity (Wildman–Crippen MR) is 108 cm³/mol. The van der Waals surface area contributed by atoms with Crippen LogP contribution in [0.15, 0.2) is 48.5 Å². The Morgan fingerprint density at radius 2 is 1.56 bits per heavy atom. The summed E-state index contributed by atoms with van der Waals surface area (Å²) in [4.78, 5) is 31.1. The van der Waals surface area contributed by atoms with Crippen LogP contribution in [-0.2, 0) is 9.59 Å². The average Bonchev–Trinajstić information content (AvgIpc) is 2.99. The summed E-state index contributed by atoms with van der Waals surface area (Å²) in [6, 6.07) is 14.8. The Kier molecular flexibility index (Phi) is 5.08. The first-order valence-corrected chi connectivity index (χ1v) is 9.66. The van der Waals surface area contributed by atoms with E-state index in [1.54, 1.807) is 18.2 Å². The first kappa shape index (κ1) is 18.3. The highest BCUT2D eigenvalue weighted by molar-refractivity contribution is 6.44. The molecule has 5 nitrogen and oxygen atoms in total. The zero-order valence-corrected chi connectivity index (χ0v) is 16.2. The monoisotopic (exact) mass is 403 g/mol. The third kappa shape index (κ3) is 3.43. The minimum atomic E-state index is -0.439. The van der Waals surface area contributed by atoms with Crippen molar-refractivity contribution in [2.24, 2.45) is 0 Å². The molecule has 0 spiro atoms. The van der Waals surface area contributed by atoms with Crippen LogP contribution in [0, 0.1) is 0 Å². The van der Waals surface area contributed by atoms with Gasteiger partial charge in [-0.05, 0) is 24.3 Å². The highest BCUT2D eigenvalue weighted by Gasteiger charge is 2.44. The number of para-hydroxylation sites is 1. The number of nitrogens with zero attached hydrogens (tertiary/aromatic N) is 3. The Bertz CT molecular complexity index is 867. The SMILES string of the molecule is O=C1C[C@H](N2CCN(c3ccccc3)CC2)C(=O)N1c1cccc(Cl)c1Cl. The Hall–Kier alpha value is -2.08. The molecule has 0 bridgehead atoms. The third-order valence-electron chi connectivity index (χ3n) is 5.17. The van der Waals surface area contributed by atoms with E-state index in [-0.39, 0.29) is 23.3 Å². The summed E-state index contributed by atoms with van der Waals surface area (Å²) >= 11 is 12.3. The van der Waals surface area contributed by atoms with Gasteiger partial charge in [0.2, 0.25) is 5.91 Å². The van der Waals surface area contributed by atoms with Gasteiger partial charge in [0.1, 0.15) is 0 Å². The fraction of sp³-hybridized carbons (Fsp3) is 0.300. The molecule has 2 heterocycles. The van der Waals surface area contributed by atoms with Crippen molar-refractivity contribution in [3.63, 3.8) is 0 Å². The van der Waals surface area contributed by atoms with Crippen LogP contribution in [0.1, 0.15) is 6.42 Å². The van der Waals surface area contributed by atoms with Crippen molar-refractivity contribution >= 4 is 46.4 Å². The number of benzene rings is 2. The molecular formula is C20H19Cl2N3O2. The van der Waals surface area contributed by atoms with Gasteiger partial charge in [-0.3, -0.25) is 14.5 Å². The molecule has 0 N–H and O–H groups in total. The fourth-order valence-corrected chi connectivity index (χ4v) is 4.13. The number of carbonyl (C=O) groups excluding carboxylic acids is 2. The smallest absolute Gasteiger partial charge is 0.251 e. The van der Waals surface area contributed by atoms with E-state index in [0.717, 1.165) is 26.2 Å². The molecule has 140 valence electrons. The van der Waals surface area contributed by atoms with E-state index in [9.17, 15) is 9.59 Å². The number of piperazine rings is 1. The van der Waals surface area contributed by atoms with Crippen LogP contribution in [0.4, 0.5) is 11.4 Å². The van der Waals surface area contributed by atoms with Crippen LogP contribution < -0.4 is 9.80 Å². The Balaban J connectivity index is 1.48. The topological polar surface area (TPSA) is 43.9 Å². The van der Waals surface area contributed by atoms with Crippen molar-refractivity contribution in [3.05, 3.63) is 58.6 Å². The van der Waals surface area contributed by atoms with E-state index in [1.165, 1.54) is 10.6 Å². The summed E-state index contributed by atoms with van der Waals surface area (Å²) in [6.07, 6.45) is 0.174. The van der Waals surface area contributed by atoms with E-state index in [2.05, 4.69) is 21.9 Å². The van der Waals surface area contributed by atoms with E-state index < -0.39 is 6.04 Å². The van der Waals surface area contributed by atoms with E-state index in [4.69, 9.17) is 23.2 Å². The summed E-state index contributed by atoms with van der Waals surface area (Å²) in [5.74, 6) is -0.461. The van der Waals surface area contributed by atoms with Gasteiger partial charge in [0.25, 0.3) is 5.91 Å². The van der Waals surface area contributed by atoms with Crippen LogP contribution in [0.25, 0.3) is 0 Å². The predicted octanol–water partition coefficient (Wildman–Crippen LogP) is 3.45. The number of halogens is 2. The van der Waals surface area contributed by atoms with Gasteiger partial charge in [-0.1, -0.05) is 47.5 Å². The molecule has 2 aromatic rings. The number of hydrogen-bond donors (Lipinski definition) is 0. The highest BCUT2D eigenvalue weighted by atomic mass is 35.5. The summed E-state index contributed by atoms with van der Waals surface area (Å²) in [5, 5.41) is 0.560. The maximum absolute atomic E-state index is 13.0. The number of anilines is 2. The lowest BCUT2D eigenvalue weighted by molar-refractivity contribution is -0.123. The molecule has 2 aromatic carbocycles. The van der Waals surface area contributed by atoms with Gasteiger partial charge in [-0.25, -0.2) is 4.90 Å². The molecule has 2 aliphatic rings. The molecule has 1 atom stereocenters. The molecule has 4 rings (SSSR count). The van der Waals surface area contributed by atoms with Gasteiger partial charge in [-0.2, -0.15) is 0 Å². The molecule has 0 radical (unpaired) electrons. The van der Waals surface area contributed by atoms with Crippen molar-refractivity contribution < 1.29 is 9.59 Å². The number of amides is 2. The molecule has 2 amide bonds. The Labute approximate surface area is 168 Å². The summed E-state index contributed by atoms with van der Waals surface area (Å²) < 4.78 is 0. The number of imide groups is 1. The van der Waals surface area contributed by atoms with Crippen molar-refractivity contribution in [2.45, 2.75) is 12.5 Å². The normalized spacial score (nSPS) is 21.2. The Morgan fingerprint density at radius 3 is 2.26 bits per heavy atom. The summed E-state index contributed by atoms with van der Waals surface area (Å²) in [6.45, 7) is 3.10. The lowest BCUT2D eigenvalue weighted by atomic mass is 10.1. The standard InChI is InChI=1S/C20H19Cl2N3O2/c21-15-7-4-8-16(19(15)22)25-18(26)13-17(20(25)27)24-11-9-23(10-12-24)14-5-2-1-3-6-14/h1-8,17H,9-13H2/t17-/m0/s1. The van der Waals surface area contributed by atoms with Crippen LogP contribution in [0.3, 0.4) is 0 Å². The van der Waals surface area contributed by atoms with Crippen molar-refractivity contribution in [1.29, 1.82) is 0 Å². The van der Waals surface area contributed by atoms with Gasteiger partial charge in [0.05, 0.1) is 28.2 Å². The van der Waals surface area contributed by atoms with Gasteiger partial charge in [0.15, 0.2) is 0 Å². The van der Waals surface area contributed by atoms with Gasteiger partial charge in [0, 0.05) is 31.9 Å². The quantitative estimate of drug-likeness (QED) is 0.736. The molecule has 2 saturated heterocycles. The number of hydrogen-bond acceptors (Lipinski definition) is 4. The summed E-state index contributed by atoms with van der Waals surface area (Å²) in [5.41, 5.74) is 1.54. The van der Waals surface area contributed by atoms with E-state index in [1.807, 2.05) is 18.2 Å². The second kappa shape index (κ2) is 7.50. The van der Waals surface area contributed by atoms with Crippen LogP contribution in [-0.4, -0.2) is 48.9 Å². The van der Waals surface area contributed by atoms with Gasteiger partial charge < -0.3 is 4.90 Å². The second-order valence-electron chi connectivity index (χ2n) is 6.72. The minimum absolute atomic E-state index is 0.174. The molecule has 0 aromatic heterocycles. The van der Waals surface area contributed by atoms with E-state index in [0.29, 0.717) is 10.7 Å². The number of carbonyl (C=O) groups is 2. The molecule has 2 aliphatic heterocycles. The summed E-state index contributed by atoms with van der Waals surface area (Å²) in [7, 11) is 0. The van der Waals surface area contributed by atoms with Crippen molar-refractivity contribution in [1.82, 2.24) is 4.90 Å². The van der Waals surface area contributed by atoms with E-state index >= 15 is 0 Å². The molecule has 0 unspecified atom stereocenters. The maximum atomic E-state index is 13.0. The third-order valence-corrected chi connectivity index (χ3v) is 5.98. The molecule has 0 saturated carbocycles. The first-order chi connectivity index (χ1) is 13.1. The van der Waals surface area contributed by atoms with Crippen molar-refractivity contribution in [3.8, 4) is 0 Å². The molecule has 0 aliphatic carbocycles. The molecule has 27 heavy (non-hydrogen) atoms. The lowest BCUT2D eigenvalue weighted by Gasteiger charge is -2.38. The molecule has 2 fully saturated rings. The van der Waals surface area contributed by atoms with Crippen LogP contribution in [0.5, 0.6) is 0 Å². The second-order valence-corrected chi connectivity index (χ2v) is 7.50. The van der Waals surface area contributed by atoms with Gasteiger partial charge >= 0.3 is 0 Å². The minimum Gasteiger partial charge on any atom is -0.369 e. The largest absolute Gasteiger partial charge is 0.369 e. The lowest BCUT2D eigenvalue weighted by Crippen LogP contribution is -2.52. The Morgan fingerprint density at radius 1 is 0.852 bits per heavy atom. The zero-order valence-electron chi connectivity index (χ0n) is 14.6. The van der Waals surface area contributed by atoms with Crippen molar-refractivity contribution in [2.75, 3.05) is 36.0 Å². The maximum Gasteiger partial charge on any atom is 0.251 e. The molecular weight excluding hydrogens is 385 g/mol. The van der Waals surface area contributed by atoms with Crippen LogP contribution in [0.2, 0.25) is 10.0 Å². The first-order valence-electron chi connectivity index (χ1n) is 8.91. The average molecular weight is 404 g/mol. The van der Waals surface area contributed by atoms with Crippen LogP contribution >= 0.6 is 23.2 Å². The zero-order chi connectivity index (χ0) is 19.0.